The summed E-state index contributed by atoms with van der Waals surface area (Å²) in [5, 5.41) is 8.12. The molecule has 4 rings (SSSR count). The van der Waals surface area contributed by atoms with E-state index in [0.29, 0.717) is 6.10 Å². The van der Waals surface area contributed by atoms with Crippen LogP contribution in [-0.4, -0.2) is 65.6 Å². The Kier molecular flexibility index (Phi) is 5.03. The van der Waals surface area contributed by atoms with Crippen molar-refractivity contribution >= 4 is 5.52 Å². The Hall–Kier alpha value is -1.47. The summed E-state index contributed by atoms with van der Waals surface area (Å²) in [6, 6.07) is 6.19. The van der Waals surface area contributed by atoms with E-state index in [4.69, 9.17) is 9.47 Å². The Balaban J connectivity index is 1.39. The molecule has 0 unspecified atom stereocenters. The second kappa shape index (κ2) is 7.41. The van der Waals surface area contributed by atoms with E-state index in [1.807, 2.05) is 23.0 Å². The summed E-state index contributed by atoms with van der Waals surface area (Å²) in [4.78, 5) is 2.61. The Labute approximate surface area is 149 Å². The molecule has 0 atom stereocenters. The van der Waals surface area contributed by atoms with Gasteiger partial charge in [0.2, 0.25) is 0 Å². The van der Waals surface area contributed by atoms with Crippen LogP contribution in [0.2, 0.25) is 0 Å². The zero-order chi connectivity index (χ0) is 17.1. The van der Waals surface area contributed by atoms with Gasteiger partial charge < -0.3 is 14.8 Å². The minimum absolute atomic E-state index is 0.215. The number of pyridine rings is 1. The highest BCUT2D eigenvalue weighted by atomic mass is 16.5. The highest BCUT2D eigenvalue weighted by Crippen LogP contribution is 2.40. The molecule has 1 aliphatic carbocycles. The van der Waals surface area contributed by atoms with Crippen LogP contribution < -0.4 is 5.32 Å². The zero-order valence-corrected chi connectivity index (χ0v) is 15.0. The predicted molar refractivity (Wildman–Crippen MR) is 96.7 cm³/mol. The van der Waals surface area contributed by atoms with E-state index in [1.54, 1.807) is 0 Å². The van der Waals surface area contributed by atoms with Gasteiger partial charge in [-0.05, 0) is 31.9 Å². The second-order valence-corrected chi connectivity index (χ2v) is 7.11. The van der Waals surface area contributed by atoms with Gasteiger partial charge in [-0.15, -0.1) is 0 Å². The number of ether oxygens (including phenoxy) is 2. The van der Waals surface area contributed by atoms with Crippen molar-refractivity contribution in [3.05, 3.63) is 36.2 Å². The SMILES string of the molecule is CCOC1CC(CNCc2cnn3ccccc23)(N2CCOCC2)C1. The Morgan fingerprint density at radius 2 is 2.16 bits per heavy atom. The number of aromatic nitrogens is 2. The molecule has 1 saturated heterocycles. The van der Waals surface area contributed by atoms with Crippen LogP contribution in [-0.2, 0) is 16.0 Å². The standard InChI is InChI=1S/C19H28N4O2/c1-2-25-17-11-19(12-17,22-7-9-24-10-8-22)15-20-13-16-14-21-23-6-4-3-5-18(16)23/h3-6,14,17,20H,2,7-13,15H2,1H3. The average molecular weight is 344 g/mol. The van der Waals surface area contributed by atoms with Crippen molar-refractivity contribution in [2.45, 2.75) is 38.0 Å². The first-order valence-electron chi connectivity index (χ1n) is 9.37. The molecular weight excluding hydrogens is 316 g/mol. The van der Waals surface area contributed by atoms with Crippen LogP contribution in [0.1, 0.15) is 25.3 Å². The Bertz CT molecular complexity index is 690. The molecule has 1 aliphatic heterocycles. The molecule has 6 nitrogen and oxygen atoms in total. The van der Waals surface area contributed by atoms with E-state index in [-0.39, 0.29) is 5.54 Å². The van der Waals surface area contributed by atoms with Crippen LogP contribution in [0.15, 0.2) is 30.6 Å². The fourth-order valence-corrected chi connectivity index (χ4v) is 4.25. The van der Waals surface area contributed by atoms with Crippen molar-refractivity contribution in [2.24, 2.45) is 0 Å². The number of rotatable bonds is 7. The highest BCUT2D eigenvalue weighted by molar-refractivity contribution is 5.53. The maximum atomic E-state index is 5.83. The normalized spacial score (nSPS) is 27.5. The minimum atomic E-state index is 0.215. The summed E-state index contributed by atoms with van der Waals surface area (Å²) >= 11 is 0. The smallest absolute Gasteiger partial charge is 0.0706 e. The van der Waals surface area contributed by atoms with Crippen LogP contribution in [0, 0.1) is 0 Å². The van der Waals surface area contributed by atoms with Crippen molar-refractivity contribution in [1.29, 1.82) is 0 Å². The van der Waals surface area contributed by atoms with Gasteiger partial charge in [0, 0.05) is 50.1 Å². The van der Waals surface area contributed by atoms with Crippen molar-refractivity contribution in [3.63, 3.8) is 0 Å². The monoisotopic (exact) mass is 344 g/mol. The summed E-state index contributed by atoms with van der Waals surface area (Å²) in [5.41, 5.74) is 2.64. The highest BCUT2D eigenvalue weighted by Gasteiger charge is 2.48. The van der Waals surface area contributed by atoms with Crippen molar-refractivity contribution in [3.8, 4) is 0 Å². The molecule has 0 bridgehead atoms. The van der Waals surface area contributed by atoms with Crippen LogP contribution in [0.3, 0.4) is 0 Å². The van der Waals surface area contributed by atoms with Crippen molar-refractivity contribution in [2.75, 3.05) is 39.5 Å². The van der Waals surface area contributed by atoms with Gasteiger partial charge >= 0.3 is 0 Å². The topological polar surface area (TPSA) is 51.0 Å². The van der Waals surface area contributed by atoms with Crippen LogP contribution in [0.25, 0.3) is 5.52 Å². The Morgan fingerprint density at radius 1 is 1.32 bits per heavy atom. The molecule has 25 heavy (non-hydrogen) atoms. The van der Waals surface area contributed by atoms with E-state index in [0.717, 1.165) is 58.8 Å². The third-order valence-electron chi connectivity index (χ3n) is 5.58. The molecule has 0 amide bonds. The molecule has 0 spiro atoms. The maximum Gasteiger partial charge on any atom is 0.0706 e. The largest absolute Gasteiger partial charge is 0.379 e. The van der Waals surface area contributed by atoms with E-state index in [9.17, 15) is 0 Å². The summed E-state index contributed by atoms with van der Waals surface area (Å²) in [7, 11) is 0. The first-order valence-corrected chi connectivity index (χ1v) is 9.37. The first kappa shape index (κ1) is 17.0. The third kappa shape index (κ3) is 3.44. The lowest BCUT2D eigenvalue weighted by atomic mass is 9.72. The Morgan fingerprint density at radius 3 is 2.96 bits per heavy atom. The molecule has 2 aliphatic rings. The number of hydrogen-bond acceptors (Lipinski definition) is 5. The lowest BCUT2D eigenvalue weighted by molar-refractivity contribution is -0.125. The lowest BCUT2D eigenvalue weighted by Gasteiger charge is -2.55. The molecule has 1 saturated carbocycles. The summed E-state index contributed by atoms with van der Waals surface area (Å²) in [5.74, 6) is 0. The van der Waals surface area contributed by atoms with E-state index < -0.39 is 0 Å². The van der Waals surface area contributed by atoms with Gasteiger partial charge in [0.25, 0.3) is 0 Å². The van der Waals surface area contributed by atoms with E-state index >= 15 is 0 Å². The fraction of sp³-hybridized carbons (Fsp3) is 0.632. The molecule has 3 heterocycles. The van der Waals surface area contributed by atoms with E-state index in [2.05, 4.69) is 34.4 Å². The summed E-state index contributed by atoms with van der Waals surface area (Å²) in [6.45, 7) is 8.45. The zero-order valence-electron chi connectivity index (χ0n) is 15.0. The molecular formula is C19H28N4O2. The van der Waals surface area contributed by atoms with Crippen molar-refractivity contribution < 1.29 is 9.47 Å². The molecule has 2 aromatic heterocycles. The second-order valence-electron chi connectivity index (χ2n) is 7.11. The van der Waals surface area contributed by atoms with Crippen molar-refractivity contribution in [1.82, 2.24) is 19.8 Å². The fourth-order valence-electron chi connectivity index (χ4n) is 4.25. The van der Waals surface area contributed by atoms with Gasteiger partial charge in [-0.2, -0.15) is 5.10 Å². The molecule has 0 aromatic carbocycles. The van der Waals surface area contributed by atoms with Gasteiger partial charge in [-0.1, -0.05) is 6.07 Å². The molecule has 1 N–H and O–H groups in total. The molecule has 2 fully saturated rings. The van der Waals surface area contributed by atoms with Gasteiger partial charge in [-0.25, -0.2) is 4.52 Å². The quantitative estimate of drug-likeness (QED) is 0.828. The number of morpholine rings is 1. The van der Waals surface area contributed by atoms with E-state index in [1.165, 1.54) is 11.1 Å². The van der Waals surface area contributed by atoms with Crippen LogP contribution in [0.4, 0.5) is 0 Å². The number of hydrogen-bond donors (Lipinski definition) is 1. The third-order valence-corrected chi connectivity index (χ3v) is 5.58. The summed E-state index contributed by atoms with van der Waals surface area (Å²) in [6.07, 6.45) is 6.59. The average Bonchev–Trinajstić information content (AvgIpc) is 3.03. The first-order chi connectivity index (χ1) is 12.3. The lowest BCUT2D eigenvalue weighted by Crippen LogP contribution is -2.66. The van der Waals surface area contributed by atoms with Crippen LogP contribution in [0.5, 0.6) is 0 Å². The number of nitrogens with zero attached hydrogens (tertiary/aromatic N) is 3. The molecule has 6 heteroatoms. The van der Waals surface area contributed by atoms with Gasteiger partial charge in [0.15, 0.2) is 0 Å². The van der Waals surface area contributed by atoms with Gasteiger partial charge in [-0.3, -0.25) is 4.90 Å². The number of fused-ring (bicyclic) bond motifs is 1. The maximum absolute atomic E-state index is 5.83. The molecule has 136 valence electrons. The van der Waals surface area contributed by atoms with Gasteiger partial charge in [0.05, 0.1) is 31.0 Å². The van der Waals surface area contributed by atoms with Crippen LogP contribution >= 0.6 is 0 Å². The number of nitrogens with one attached hydrogen (secondary N) is 1. The molecule has 2 aromatic rings. The van der Waals surface area contributed by atoms with Gasteiger partial charge in [0.1, 0.15) is 0 Å². The predicted octanol–water partition coefficient (Wildman–Crippen LogP) is 1.69. The summed E-state index contributed by atoms with van der Waals surface area (Å²) < 4.78 is 13.3. The molecule has 0 radical (unpaired) electrons. The minimum Gasteiger partial charge on any atom is -0.379 e.